The molecule has 2 N–H and O–H groups in total. The first-order valence-electron chi connectivity index (χ1n) is 9.08. The minimum absolute atomic E-state index is 0.0800. The smallest absolute Gasteiger partial charge is 0.329 e. The van der Waals surface area contributed by atoms with E-state index in [1.54, 1.807) is 11.6 Å². The Morgan fingerprint density at radius 2 is 1.85 bits per heavy atom. The largest absolute Gasteiger partial charge is 0.491 e. The van der Waals surface area contributed by atoms with Gasteiger partial charge in [-0.15, -0.1) is 5.10 Å². The molecule has 1 saturated carbocycles. The highest BCUT2D eigenvalue weighted by Gasteiger charge is 2.43. The normalized spacial score (nSPS) is 15.7. The highest BCUT2D eigenvalue weighted by atomic mass is 16.5. The van der Waals surface area contributed by atoms with Gasteiger partial charge in [-0.1, -0.05) is 18.1 Å². The van der Waals surface area contributed by atoms with Gasteiger partial charge in [-0.3, -0.25) is 4.79 Å². The summed E-state index contributed by atoms with van der Waals surface area (Å²) in [5.74, 6) is -0.768. The maximum absolute atomic E-state index is 12.6. The SMILES string of the molecule is Cc1c(C(=O)NC2(C(=O)O)CCCC2)nnn1-c1ccc(OC(C)C)cc1. The van der Waals surface area contributed by atoms with Crippen molar-refractivity contribution >= 4 is 11.9 Å². The van der Waals surface area contributed by atoms with Gasteiger partial charge < -0.3 is 15.2 Å². The summed E-state index contributed by atoms with van der Waals surface area (Å²) in [5.41, 5.74) is 0.209. The number of hydrogen-bond acceptors (Lipinski definition) is 5. The Bertz CT molecular complexity index is 836. The number of aromatic nitrogens is 3. The van der Waals surface area contributed by atoms with Crippen LogP contribution in [0.1, 0.15) is 55.7 Å². The van der Waals surface area contributed by atoms with Crippen molar-refractivity contribution in [2.24, 2.45) is 0 Å². The van der Waals surface area contributed by atoms with E-state index in [1.807, 2.05) is 38.1 Å². The molecule has 1 amide bonds. The Balaban J connectivity index is 1.80. The fraction of sp³-hybridized carbons (Fsp3) is 0.474. The fourth-order valence-corrected chi connectivity index (χ4v) is 3.37. The zero-order valence-electron chi connectivity index (χ0n) is 15.7. The van der Waals surface area contributed by atoms with Crippen LogP contribution in [-0.4, -0.2) is 43.6 Å². The van der Waals surface area contributed by atoms with Gasteiger partial charge >= 0.3 is 5.97 Å². The Kier molecular flexibility index (Phi) is 5.16. The number of ether oxygens (including phenoxy) is 1. The van der Waals surface area contributed by atoms with Crippen molar-refractivity contribution in [1.82, 2.24) is 20.3 Å². The molecule has 8 heteroatoms. The molecule has 144 valence electrons. The molecule has 1 fully saturated rings. The molecule has 0 radical (unpaired) electrons. The zero-order valence-corrected chi connectivity index (χ0v) is 15.7. The molecule has 0 saturated heterocycles. The van der Waals surface area contributed by atoms with Gasteiger partial charge in [0.25, 0.3) is 5.91 Å². The standard InChI is InChI=1S/C19H24N4O4/c1-12(2)27-15-8-6-14(7-9-15)23-13(3)16(21-22-23)17(24)20-19(18(25)26)10-4-5-11-19/h6-9,12H,4-5,10-11H2,1-3H3,(H,20,24)(H,25,26). The van der Waals surface area contributed by atoms with E-state index in [9.17, 15) is 14.7 Å². The summed E-state index contributed by atoms with van der Waals surface area (Å²) in [6, 6.07) is 7.32. The van der Waals surface area contributed by atoms with Crippen LogP contribution in [0.3, 0.4) is 0 Å². The van der Waals surface area contributed by atoms with Gasteiger partial charge in [0.2, 0.25) is 0 Å². The van der Waals surface area contributed by atoms with Crippen molar-refractivity contribution < 1.29 is 19.4 Å². The number of carboxylic acids is 1. The summed E-state index contributed by atoms with van der Waals surface area (Å²) in [7, 11) is 0. The number of nitrogens with one attached hydrogen (secondary N) is 1. The van der Waals surface area contributed by atoms with E-state index >= 15 is 0 Å². The van der Waals surface area contributed by atoms with Gasteiger partial charge in [-0.05, 0) is 57.9 Å². The van der Waals surface area contributed by atoms with Crippen molar-refractivity contribution in [1.29, 1.82) is 0 Å². The van der Waals surface area contributed by atoms with Crippen LogP contribution in [0.4, 0.5) is 0 Å². The van der Waals surface area contributed by atoms with Gasteiger partial charge in [0.1, 0.15) is 11.3 Å². The van der Waals surface area contributed by atoms with Crippen molar-refractivity contribution in [2.75, 3.05) is 0 Å². The first-order valence-corrected chi connectivity index (χ1v) is 9.08. The lowest BCUT2D eigenvalue weighted by molar-refractivity contribution is -0.144. The summed E-state index contributed by atoms with van der Waals surface area (Å²) in [4.78, 5) is 24.3. The van der Waals surface area contributed by atoms with Crippen LogP contribution in [-0.2, 0) is 4.79 Å². The second-order valence-electron chi connectivity index (χ2n) is 7.14. The summed E-state index contributed by atoms with van der Waals surface area (Å²) in [5, 5.41) is 20.2. The number of carbonyl (C=O) groups excluding carboxylic acids is 1. The van der Waals surface area contributed by atoms with Crippen LogP contribution in [0.5, 0.6) is 5.75 Å². The summed E-state index contributed by atoms with van der Waals surface area (Å²) >= 11 is 0. The number of amides is 1. The topological polar surface area (TPSA) is 106 Å². The first kappa shape index (κ1) is 18.9. The van der Waals surface area contributed by atoms with Gasteiger partial charge in [0, 0.05) is 0 Å². The zero-order chi connectivity index (χ0) is 19.6. The molecule has 1 aromatic carbocycles. The number of aliphatic carboxylic acids is 1. The second-order valence-corrected chi connectivity index (χ2v) is 7.14. The van der Waals surface area contributed by atoms with Crippen molar-refractivity contribution in [3.8, 4) is 11.4 Å². The molecule has 1 aromatic heterocycles. The van der Waals surface area contributed by atoms with Crippen LogP contribution < -0.4 is 10.1 Å². The predicted molar refractivity (Wildman–Crippen MR) is 98.2 cm³/mol. The highest BCUT2D eigenvalue weighted by molar-refractivity contribution is 5.97. The van der Waals surface area contributed by atoms with E-state index in [0.717, 1.165) is 24.3 Å². The molecule has 1 heterocycles. The number of hydrogen-bond donors (Lipinski definition) is 2. The van der Waals surface area contributed by atoms with Crippen molar-refractivity contribution in [3.05, 3.63) is 35.7 Å². The van der Waals surface area contributed by atoms with Crippen LogP contribution in [0, 0.1) is 6.92 Å². The summed E-state index contributed by atoms with van der Waals surface area (Å²) in [6.45, 7) is 5.64. The number of carboxylic acid groups (broad SMARTS) is 1. The molecule has 0 bridgehead atoms. The van der Waals surface area contributed by atoms with Gasteiger partial charge in [-0.25, -0.2) is 9.48 Å². The minimum atomic E-state index is -1.21. The number of rotatable bonds is 6. The third-order valence-corrected chi connectivity index (χ3v) is 4.78. The third kappa shape index (κ3) is 3.79. The Labute approximate surface area is 157 Å². The van der Waals surface area contributed by atoms with Gasteiger partial charge in [0.05, 0.1) is 17.5 Å². The van der Waals surface area contributed by atoms with Crippen LogP contribution >= 0.6 is 0 Å². The molecule has 3 rings (SSSR count). The van der Waals surface area contributed by atoms with Gasteiger partial charge in [-0.2, -0.15) is 0 Å². The molecule has 27 heavy (non-hydrogen) atoms. The molecule has 2 aromatic rings. The average Bonchev–Trinajstić information content (AvgIpc) is 3.23. The lowest BCUT2D eigenvalue weighted by Gasteiger charge is -2.24. The quantitative estimate of drug-likeness (QED) is 0.807. The second kappa shape index (κ2) is 7.38. The van der Waals surface area contributed by atoms with Gasteiger partial charge in [0.15, 0.2) is 5.69 Å². The predicted octanol–water partition coefficient (Wildman–Crippen LogP) is 2.49. The Morgan fingerprint density at radius 1 is 1.22 bits per heavy atom. The van der Waals surface area contributed by atoms with E-state index in [2.05, 4.69) is 15.6 Å². The lowest BCUT2D eigenvalue weighted by Crippen LogP contribution is -2.52. The number of carbonyl (C=O) groups is 2. The summed E-state index contributed by atoms with van der Waals surface area (Å²) in [6.07, 6.45) is 2.50. The van der Waals surface area contributed by atoms with E-state index in [0.29, 0.717) is 18.5 Å². The fourth-order valence-electron chi connectivity index (χ4n) is 3.37. The molecule has 0 unspecified atom stereocenters. The highest BCUT2D eigenvalue weighted by Crippen LogP contribution is 2.30. The van der Waals surface area contributed by atoms with E-state index < -0.39 is 17.4 Å². The van der Waals surface area contributed by atoms with E-state index in [-0.39, 0.29) is 11.8 Å². The molecule has 0 spiro atoms. The Hall–Kier alpha value is -2.90. The first-order chi connectivity index (χ1) is 12.8. The third-order valence-electron chi connectivity index (χ3n) is 4.78. The maximum Gasteiger partial charge on any atom is 0.329 e. The van der Waals surface area contributed by atoms with Crippen molar-refractivity contribution in [3.63, 3.8) is 0 Å². The number of benzene rings is 1. The lowest BCUT2D eigenvalue weighted by atomic mass is 9.97. The Morgan fingerprint density at radius 3 is 2.41 bits per heavy atom. The van der Waals surface area contributed by atoms with Crippen LogP contribution in [0.25, 0.3) is 5.69 Å². The number of nitrogens with zero attached hydrogens (tertiary/aromatic N) is 3. The molecular formula is C19H24N4O4. The average molecular weight is 372 g/mol. The van der Waals surface area contributed by atoms with Crippen LogP contribution in [0.2, 0.25) is 0 Å². The minimum Gasteiger partial charge on any atom is -0.491 e. The molecule has 1 aliphatic rings. The van der Waals surface area contributed by atoms with E-state index in [4.69, 9.17) is 4.74 Å². The summed E-state index contributed by atoms with van der Waals surface area (Å²) < 4.78 is 7.17. The molecular weight excluding hydrogens is 348 g/mol. The molecule has 0 atom stereocenters. The molecule has 1 aliphatic carbocycles. The maximum atomic E-state index is 12.6. The monoisotopic (exact) mass is 372 g/mol. The molecule has 0 aliphatic heterocycles. The van der Waals surface area contributed by atoms with Crippen LogP contribution in [0.15, 0.2) is 24.3 Å². The van der Waals surface area contributed by atoms with E-state index in [1.165, 1.54) is 0 Å². The molecule has 8 nitrogen and oxygen atoms in total. The van der Waals surface area contributed by atoms with Crippen molar-refractivity contribution in [2.45, 2.75) is 58.1 Å².